The van der Waals surface area contributed by atoms with E-state index >= 15 is 0 Å². The second kappa shape index (κ2) is 5.03. The second-order valence-corrected chi connectivity index (χ2v) is 3.74. The van der Waals surface area contributed by atoms with E-state index in [4.69, 9.17) is 5.73 Å². The fourth-order valence-electron chi connectivity index (χ4n) is 0.958. The number of nitrogens with zero attached hydrogens (tertiary/aromatic N) is 1. The van der Waals surface area contributed by atoms with E-state index in [0.29, 0.717) is 0 Å². The molecule has 1 saturated heterocycles. The highest BCUT2D eigenvalue weighted by Crippen LogP contribution is 2.13. The Labute approximate surface area is 76.0 Å². The van der Waals surface area contributed by atoms with Gasteiger partial charge in [-0.3, -0.25) is 4.79 Å². The summed E-state index contributed by atoms with van der Waals surface area (Å²) in [5.41, 5.74) is 8.72. The number of hydrazone groups is 1. The lowest BCUT2D eigenvalue weighted by Crippen LogP contribution is -2.26. The maximum Gasteiger partial charge on any atom is 0.238 e. The van der Waals surface area contributed by atoms with Gasteiger partial charge in [0.05, 0.1) is 0 Å². The van der Waals surface area contributed by atoms with E-state index in [1.165, 1.54) is 12.2 Å². The molecule has 68 valence electrons. The molecule has 5 heteroatoms. The molecule has 0 aromatic rings. The number of amides is 1. The molecule has 0 atom stereocenters. The van der Waals surface area contributed by atoms with Crippen LogP contribution in [0.1, 0.15) is 12.8 Å². The summed E-state index contributed by atoms with van der Waals surface area (Å²) < 4.78 is 0. The fourth-order valence-corrected chi connectivity index (χ4v) is 1.90. The Hall–Kier alpha value is -0.710. The summed E-state index contributed by atoms with van der Waals surface area (Å²) in [5, 5.41) is 4.07. The topological polar surface area (TPSA) is 67.5 Å². The first-order chi connectivity index (χ1) is 5.79. The monoisotopic (exact) mass is 187 g/mol. The van der Waals surface area contributed by atoms with Crippen LogP contribution in [0.4, 0.5) is 0 Å². The largest absolute Gasteiger partial charge is 0.368 e. The van der Waals surface area contributed by atoms with Crippen LogP contribution in [0, 0.1) is 0 Å². The number of thioether (sulfide) groups is 1. The minimum Gasteiger partial charge on any atom is -0.368 e. The Morgan fingerprint density at radius 3 is 3.17 bits per heavy atom. The van der Waals surface area contributed by atoms with Crippen LogP contribution in [0.25, 0.3) is 0 Å². The lowest BCUT2D eigenvalue weighted by molar-refractivity contribution is -0.117. The van der Waals surface area contributed by atoms with Gasteiger partial charge in [-0.1, -0.05) is 0 Å². The first kappa shape index (κ1) is 9.38. The van der Waals surface area contributed by atoms with Crippen molar-refractivity contribution in [1.82, 2.24) is 5.43 Å². The van der Waals surface area contributed by atoms with Crippen molar-refractivity contribution >= 4 is 23.4 Å². The van der Waals surface area contributed by atoms with Gasteiger partial charge in [0.15, 0.2) is 0 Å². The Morgan fingerprint density at radius 2 is 2.58 bits per heavy atom. The van der Waals surface area contributed by atoms with E-state index in [0.717, 1.165) is 17.9 Å². The van der Waals surface area contributed by atoms with Gasteiger partial charge in [0.1, 0.15) is 6.54 Å². The average Bonchev–Trinajstić information content (AvgIpc) is 2.05. The van der Waals surface area contributed by atoms with Crippen molar-refractivity contribution in [2.75, 3.05) is 18.1 Å². The van der Waals surface area contributed by atoms with E-state index in [1.54, 1.807) is 0 Å². The van der Waals surface area contributed by atoms with Gasteiger partial charge in [-0.05, 0) is 18.6 Å². The molecular formula is C7H13N3OS. The van der Waals surface area contributed by atoms with E-state index in [2.05, 4.69) is 10.5 Å². The van der Waals surface area contributed by atoms with Crippen LogP contribution in [0.2, 0.25) is 0 Å². The van der Waals surface area contributed by atoms with Gasteiger partial charge in [0.2, 0.25) is 5.91 Å². The molecule has 1 rings (SSSR count). The third-order valence-electron chi connectivity index (χ3n) is 1.51. The van der Waals surface area contributed by atoms with Crippen LogP contribution in [-0.4, -0.2) is 29.7 Å². The molecule has 3 N–H and O–H groups in total. The summed E-state index contributed by atoms with van der Waals surface area (Å²) in [4.78, 5) is 10.3. The quantitative estimate of drug-likeness (QED) is 0.608. The summed E-state index contributed by atoms with van der Waals surface area (Å²) in [7, 11) is 0. The Kier molecular flexibility index (Phi) is 3.93. The van der Waals surface area contributed by atoms with E-state index in [9.17, 15) is 4.79 Å². The standard InChI is InChI=1S/C7H13N3OS/c8-7(11)4-9-10-6-2-1-3-12-5-6/h9H,1-5H2,(H2,8,11)/b10-6-. The van der Waals surface area contributed by atoms with Crippen molar-refractivity contribution in [1.29, 1.82) is 0 Å². The molecule has 0 spiro atoms. The van der Waals surface area contributed by atoms with Crippen LogP contribution in [0.15, 0.2) is 5.10 Å². The molecule has 1 heterocycles. The van der Waals surface area contributed by atoms with Crippen LogP contribution in [0.3, 0.4) is 0 Å². The molecule has 1 aliphatic heterocycles. The number of primary amides is 1. The summed E-state index contributed by atoms with van der Waals surface area (Å²) in [5.74, 6) is 1.82. The van der Waals surface area contributed by atoms with Crippen molar-refractivity contribution in [2.45, 2.75) is 12.8 Å². The molecule has 0 saturated carbocycles. The zero-order valence-electron chi connectivity index (χ0n) is 6.88. The van der Waals surface area contributed by atoms with Crippen molar-refractivity contribution < 1.29 is 4.79 Å². The molecular weight excluding hydrogens is 174 g/mol. The normalized spacial score (nSPS) is 20.8. The van der Waals surface area contributed by atoms with Crippen molar-refractivity contribution in [3.05, 3.63) is 0 Å². The number of hydrogen-bond donors (Lipinski definition) is 2. The molecule has 0 bridgehead atoms. The Morgan fingerprint density at radius 1 is 1.75 bits per heavy atom. The summed E-state index contributed by atoms with van der Waals surface area (Å²) >= 11 is 1.87. The SMILES string of the molecule is NC(=O)CN/N=C1/CCCSC1. The number of carbonyl (C=O) groups excluding carboxylic acids is 1. The van der Waals surface area contributed by atoms with Crippen molar-refractivity contribution in [3.8, 4) is 0 Å². The average molecular weight is 187 g/mol. The second-order valence-electron chi connectivity index (χ2n) is 2.64. The van der Waals surface area contributed by atoms with Gasteiger partial charge in [0, 0.05) is 11.5 Å². The molecule has 12 heavy (non-hydrogen) atoms. The van der Waals surface area contributed by atoms with Crippen LogP contribution in [0.5, 0.6) is 0 Å². The zero-order chi connectivity index (χ0) is 8.81. The Balaban J connectivity index is 2.20. The van der Waals surface area contributed by atoms with Crippen LogP contribution >= 0.6 is 11.8 Å². The van der Waals surface area contributed by atoms with Gasteiger partial charge in [0.25, 0.3) is 0 Å². The minimum absolute atomic E-state index is 0.133. The fraction of sp³-hybridized carbons (Fsp3) is 0.714. The predicted octanol–water partition coefficient (Wildman–Crippen LogP) is -0.0557. The molecule has 0 aromatic carbocycles. The number of rotatable bonds is 3. The van der Waals surface area contributed by atoms with Crippen molar-refractivity contribution in [3.63, 3.8) is 0 Å². The van der Waals surface area contributed by atoms with E-state index in [-0.39, 0.29) is 12.5 Å². The zero-order valence-corrected chi connectivity index (χ0v) is 7.69. The number of carbonyl (C=O) groups is 1. The predicted molar refractivity (Wildman–Crippen MR) is 51.2 cm³/mol. The van der Waals surface area contributed by atoms with Crippen LogP contribution in [-0.2, 0) is 4.79 Å². The summed E-state index contributed by atoms with van der Waals surface area (Å²) in [6.07, 6.45) is 2.22. The van der Waals surface area contributed by atoms with Gasteiger partial charge in [-0.25, -0.2) is 0 Å². The van der Waals surface area contributed by atoms with Gasteiger partial charge >= 0.3 is 0 Å². The molecule has 0 radical (unpaired) electrons. The molecule has 1 amide bonds. The van der Waals surface area contributed by atoms with Crippen molar-refractivity contribution in [2.24, 2.45) is 10.8 Å². The molecule has 4 nitrogen and oxygen atoms in total. The van der Waals surface area contributed by atoms with E-state index < -0.39 is 0 Å². The van der Waals surface area contributed by atoms with E-state index in [1.807, 2.05) is 11.8 Å². The maximum absolute atomic E-state index is 10.3. The molecule has 0 aromatic heterocycles. The minimum atomic E-state index is -0.372. The summed E-state index contributed by atoms with van der Waals surface area (Å²) in [6, 6.07) is 0. The third-order valence-corrected chi connectivity index (χ3v) is 2.63. The highest BCUT2D eigenvalue weighted by Gasteiger charge is 2.06. The highest BCUT2D eigenvalue weighted by molar-refractivity contribution is 8.00. The molecule has 1 aliphatic rings. The smallest absolute Gasteiger partial charge is 0.238 e. The third kappa shape index (κ3) is 3.61. The molecule has 0 unspecified atom stereocenters. The van der Waals surface area contributed by atoms with Gasteiger partial charge in [-0.15, -0.1) is 0 Å². The number of hydrogen-bond acceptors (Lipinski definition) is 4. The lowest BCUT2D eigenvalue weighted by Gasteiger charge is -2.11. The first-order valence-corrected chi connectivity index (χ1v) is 5.09. The number of nitrogens with two attached hydrogens (primary N) is 1. The van der Waals surface area contributed by atoms with Gasteiger partial charge in [-0.2, -0.15) is 16.9 Å². The van der Waals surface area contributed by atoms with Crippen LogP contribution < -0.4 is 11.2 Å². The highest BCUT2D eigenvalue weighted by atomic mass is 32.2. The maximum atomic E-state index is 10.3. The molecule has 0 aliphatic carbocycles. The summed E-state index contributed by atoms with van der Waals surface area (Å²) in [6.45, 7) is 0.133. The van der Waals surface area contributed by atoms with Gasteiger partial charge < -0.3 is 11.2 Å². The first-order valence-electron chi connectivity index (χ1n) is 3.93. The number of nitrogens with one attached hydrogen (secondary N) is 1. The lowest BCUT2D eigenvalue weighted by atomic mass is 10.2. The Bertz CT molecular complexity index is 185. The molecule has 1 fully saturated rings.